The molecule has 8 nitrogen and oxygen atoms in total. The molecule has 0 spiro atoms. The Bertz CT molecular complexity index is 1210. The number of rotatable bonds is 6. The molecular formula is C25H27N5O3. The average Bonchev–Trinajstić information content (AvgIpc) is 2.86. The molecule has 3 aromatic rings. The van der Waals surface area contributed by atoms with Crippen molar-refractivity contribution in [2.24, 2.45) is 7.05 Å². The number of aliphatic hydroxyl groups is 1. The van der Waals surface area contributed by atoms with Crippen molar-refractivity contribution < 1.29 is 9.84 Å². The molecule has 0 atom stereocenters. The van der Waals surface area contributed by atoms with E-state index in [4.69, 9.17) is 21.4 Å². The molecule has 33 heavy (non-hydrogen) atoms. The highest BCUT2D eigenvalue weighted by Crippen LogP contribution is 2.32. The van der Waals surface area contributed by atoms with E-state index in [1.54, 1.807) is 48.0 Å². The number of nitrogens with zero attached hydrogens (tertiary/aromatic N) is 4. The molecule has 0 amide bonds. The van der Waals surface area contributed by atoms with Crippen LogP contribution in [0.15, 0.2) is 53.3 Å². The fourth-order valence-corrected chi connectivity index (χ4v) is 4.20. The first kappa shape index (κ1) is 22.5. The van der Waals surface area contributed by atoms with Crippen molar-refractivity contribution in [3.05, 3.63) is 70.3 Å². The van der Waals surface area contributed by atoms with E-state index >= 15 is 0 Å². The third kappa shape index (κ3) is 4.60. The van der Waals surface area contributed by atoms with Gasteiger partial charge in [0.15, 0.2) is 12.5 Å². The topological polar surface area (TPSA) is 84.0 Å². The molecule has 2 heterocycles. The predicted octanol–water partition coefficient (Wildman–Crippen LogP) is 3.18. The van der Waals surface area contributed by atoms with E-state index in [2.05, 4.69) is 15.1 Å². The molecule has 1 aromatic heterocycles. The normalized spacial score (nSPS) is 14.2. The van der Waals surface area contributed by atoms with Crippen LogP contribution in [0.4, 0.5) is 11.6 Å². The van der Waals surface area contributed by atoms with Crippen molar-refractivity contribution in [1.29, 1.82) is 0 Å². The summed E-state index contributed by atoms with van der Waals surface area (Å²) in [7, 11) is 3.73. The number of benzene rings is 2. The Labute approximate surface area is 192 Å². The molecule has 0 aliphatic carbocycles. The first-order valence-corrected chi connectivity index (χ1v) is 10.9. The summed E-state index contributed by atoms with van der Waals surface area (Å²) in [6.45, 7) is 8.44. The quantitative estimate of drug-likeness (QED) is 0.448. The number of aromatic nitrogens is 2. The standard InChI is InChI=1S/C25H27N5O3/c1-26-19-8-4-18(5-9-19)23-22(17-6-10-21(11-7-17)33-16-31)24(32)29(3)25(28-23)30-14-12-20(27-2)13-15-30/h4-11,20,27,31H,12-16H2,2-3H3. The summed E-state index contributed by atoms with van der Waals surface area (Å²) in [5, 5.41) is 12.3. The summed E-state index contributed by atoms with van der Waals surface area (Å²) in [5.41, 5.74) is 2.93. The molecule has 2 aromatic carbocycles. The maximum Gasteiger partial charge on any atom is 0.263 e. The second-order valence-electron chi connectivity index (χ2n) is 8.01. The lowest BCUT2D eigenvalue weighted by Gasteiger charge is -2.33. The van der Waals surface area contributed by atoms with E-state index in [1.807, 2.05) is 19.2 Å². The van der Waals surface area contributed by atoms with Gasteiger partial charge in [0.05, 0.1) is 17.8 Å². The van der Waals surface area contributed by atoms with Gasteiger partial charge in [0.25, 0.3) is 5.56 Å². The van der Waals surface area contributed by atoms with Crippen molar-refractivity contribution in [1.82, 2.24) is 14.9 Å². The van der Waals surface area contributed by atoms with E-state index < -0.39 is 6.79 Å². The van der Waals surface area contributed by atoms with Gasteiger partial charge in [0.1, 0.15) is 5.75 Å². The van der Waals surface area contributed by atoms with Crippen LogP contribution in [0.5, 0.6) is 5.75 Å². The number of hydrogen-bond donors (Lipinski definition) is 2. The van der Waals surface area contributed by atoms with Gasteiger partial charge in [-0.3, -0.25) is 9.36 Å². The number of hydrogen-bond acceptors (Lipinski definition) is 6. The van der Waals surface area contributed by atoms with Gasteiger partial charge in [-0.2, -0.15) is 0 Å². The Morgan fingerprint density at radius 3 is 2.33 bits per heavy atom. The van der Waals surface area contributed by atoms with Gasteiger partial charge in [-0.25, -0.2) is 9.83 Å². The summed E-state index contributed by atoms with van der Waals surface area (Å²) in [6, 6.07) is 14.6. The maximum absolute atomic E-state index is 13.6. The van der Waals surface area contributed by atoms with Gasteiger partial charge in [-0.1, -0.05) is 36.4 Å². The molecule has 0 unspecified atom stereocenters. The zero-order valence-electron chi connectivity index (χ0n) is 18.8. The van der Waals surface area contributed by atoms with Crippen LogP contribution in [-0.2, 0) is 7.05 Å². The lowest BCUT2D eigenvalue weighted by atomic mass is 10.00. The monoisotopic (exact) mass is 445 g/mol. The zero-order chi connectivity index (χ0) is 23.4. The van der Waals surface area contributed by atoms with Crippen molar-refractivity contribution in [2.45, 2.75) is 18.9 Å². The van der Waals surface area contributed by atoms with E-state index in [9.17, 15) is 4.79 Å². The van der Waals surface area contributed by atoms with Crippen LogP contribution in [0.1, 0.15) is 12.8 Å². The van der Waals surface area contributed by atoms with Crippen molar-refractivity contribution >= 4 is 11.6 Å². The number of anilines is 1. The molecule has 1 fully saturated rings. The second kappa shape index (κ2) is 9.86. The number of aliphatic hydroxyl groups excluding tert-OH is 1. The third-order valence-corrected chi connectivity index (χ3v) is 6.10. The SMILES string of the molecule is [C-]#[N+]c1ccc(-c2nc(N3CCC(NC)CC3)n(C)c(=O)c2-c2ccc(OCO)cc2)cc1. The van der Waals surface area contributed by atoms with E-state index in [0.29, 0.717) is 40.2 Å². The average molecular weight is 446 g/mol. The Morgan fingerprint density at radius 1 is 1.12 bits per heavy atom. The fraction of sp³-hybridized carbons (Fsp3) is 0.320. The summed E-state index contributed by atoms with van der Waals surface area (Å²) < 4.78 is 6.74. The Kier molecular flexibility index (Phi) is 6.73. The molecule has 1 aliphatic heterocycles. The summed E-state index contributed by atoms with van der Waals surface area (Å²) in [6.07, 6.45) is 1.96. The Balaban J connectivity index is 1.85. The van der Waals surface area contributed by atoms with Crippen molar-refractivity contribution in [2.75, 3.05) is 31.8 Å². The molecule has 1 saturated heterocycles. The maximum atomic E-state index is 13.6. The first-order chi connectivity index (χ1) is 16.0. The van der Waals surface area contributed by atoms with Gasteiger partial charge in [0, 0.05) is 26.2 Å². The Morgan fingerprint density at radius 2 is 1.76 bits per heavy atom. The van der Waals surface area contributed by atoms with Gasteiger partial charge in [0.2, 0.25) is 5.95 Å². The largest absolute Gasteiger partial charge is 0.468 e. The Hall–Kier alpha value is -3.67. The molecule has 8 heteroatoms. The molecule has 0 bridgehead atoms. The third-order valence-electron chi connectivity index (χ3n) is 6.10. The van der Waals surface area contributed by atoms with Crippen molar-refractivity contribution in [3.8, 4) is 28.1 Å². The van der Waals surface area contributed by atoms with Crippen LogP contribution in [0.3, 0.4) is 0 Å². The predicted molar refractivity (Wildman–Crippen MR) is 129 cm³/mol. The second-order valence-corrected chi connectivity index (χ2v) is 8.01. The molecule has 1 aliphatic rings. The zero-order valence-corrected chi connectivity index (χ0v) is 18.8. The number of ether oxygens (including phenoxy) is 1. The van der Waals surface area contributed by atoms with Crippen molar-refractivity contribution in [3.63, 3.8) is 0 Å². The van der Waals surface area contributed by atoms with E-state index in [0.717, 1.165) is 31.5 Å². The van der Waals surface area contributed by atoms with Crippen LogP contribution in [0, 0.1) is 6.57 Å². The van der Waals surface area contributed by atoms with Crippen LogP contribution in [0.25, 0.3) is 27.2 Å². The van der Waals surface area contributed by atoms with Crippen LogP contribution >= 0.6 is 0 Å². The molecule has 0 saturated carbocycles. The lowest BCUT2D eigenvalue weighted by molar-refractivity contribution is 0.0985. The van der Waals surface area contributed by atoms with Gasteiger partial charge in [-0.15, -0.1) is 0 Å². The highest BCUT2D eigenvalue weighted by Gasteiger charge is 2.24. The molecule has 2 N–H and O–H groups in total. The van der Waals surface area contributed by atoms with Crippen LogP contribution in [-0.4, -0.2) is 47.6 Å². The van der Waals surface area contributed by atoms with Gasteiger partial charge < -0.3 is 20.1 Å². The van der Waals surface area contributed by atoms with Crippen LogP contribution in [0.2, 0.25) is 0 Å². The summed E-state index contributed by atoms with van der Waals surface area (Å²) in [5.74, 6) is 1.15. The van der Waals surface area contributed by atoms with Gasteiger partial charge >= 0.3 is 0 Å². The molecule has 4 rings (SSSR count). The number of piperidine rings is 1. The summed E-state index contributed by atoms with van der Waals surface area (Å²) in [4.78, 5) is 24.3. The fourth-order valence-electron chi connectivity index (χ4n) is 4.20. The minimum Gasteiger partial charge on any atom is -0.468 e. The van der Waals surface area contributed by atoms with Crippen LogP contribution < -0.4 is 20.5 Å². The molecule has 170 valence electrons. The highest BCUT2D eigenvalue weighted by molar-refractivity contribution is 5.81. The number of nitrogens with one attached hydrogen (secondary N) is 1. The smallest absolute Gasteiger partial charge is 0.263 e. The molecule has 0 radical (unpaired) electrons. The van der Waals surface area contributed by atoms with E-state index in [-0.39, 0.29) is 5.56 Å². The minimum atomic E-state index is -0.416. The first-order valence-electron chi connectivity index (χ1n) is 10.9. The minimum absolute atomic E-state index is 0.143. The highest BCUT2D eigenvalue weighted by atomic mass is 16.6. The van der Waals surface area contributed by atoms with E-state index in [1.165, 1.54) is 0 Å². The molecular weight excluding hydrogens is 418 g/mol. The lowest BCUT2D eigenvalue weighted by Crippen LogP contribution is -2.43. The summed E-state index contributed by atoms with van der Waals surface area (Å²) >= 11 is 0. The van der Waals surface area contributed by atoms with Gasteiger partial charge in [-0.05, 0) is 43.1 Å².